The van der Waals surface area contributed by atoms with Crippen LogP contribution < -0.4 is 0 Å². The van der Waals surface area contributed by atoms with Gasteiger partial charge in [0.2, 0.25) is 0 Å². The Morgan fingerprint density at radius 1 is 0.857 bits per heavy atom. The summed E-state index contributed by atoms with van der Waals surface area (Å²) in [6.07, 6.45) is 4.31. The van der Waals surface area contributed by atoms with Gasteiger partial charge < -0.3 is 0 Å². The second-order valence-corrected chi connectivity index (χ2v) is 6.24. The Kier molecular flexibility index (Phi) is 2.52. The molecule has 2 aromatic carbocycles. The lowest BCUT2D eigenvalue weighted by molar-refractivity contribution is 0.683. The molecule has 1 heteroatoms. The number of allylic oxidation sites excluding steroid dienone is 1. The van der Waals surface area contributed by atoms with Crippen LogP contribution in [-0.4, -0.2) is 4.98 Å². The third-order valence-corrected chi connectivity index (χ3v) is 4.32. The highest BCUT2D eigenvalue weighted by Crippen LogP contribution is 2.42. The number of fused-ring (bicyclic) bond motifs is 2. The third kappa shape index (κ3) is 1.89. The van der Waals surface area contributed by atoms with Crippen LogP contribution >= 0.6 is 0 Å². The Balaban J connectivity index is 1.93. The maximum Gasteiger partial charge on any atom is 0.0711 e. The Labute approximate surface area is 125 Å². The Morgan fingerprint density at radius 3 is 2.43 bits per heavy atom. The zero-order chi connectivity index (χ0) is 14.4. The number of nitrogens with zero attached hydrogens (tertiary/aromatic N) is 1. The number of rotatable bonds is 1. The molecule has 0 aliphatic heterocycles. The summed E-state index contributed by atoms with van der Waals surface area (Å²) >= 11 is 0. The molecule has 0 saturated heterocycles. The molecule has 0 amide bonds. The summed E-state index contributed by atoms with van der Waals surface area (Å²) in [7, 11) is 0. The van der Waals surface area contributed by atoms with Gasteiger partial charge in [-0.3, -0.25) is 4.98 Å². The molecule has 0 unspecified atom stereocenters. The highest BCUT2D eigenvalue weighted by Gasteiger charge is 2.30. The largest absolute Gasteiger partial charge is 0.256 e. The minimum Gasteiger partial charge on any atom is -0.256 e. The number of pyridine rings is 1. The van der Waals surface area contributed by atoms with Crippen molar-refractivity contribution in [2.75, 3.05) is 0 Å². The zero-order valence-corrected chi connectivity index (χ0v) is 12.3. The van der Waals surface area contributed by atoms with Crippen molar-refractivity contribution < 1.29 is 0 Å². The van der Waals surface area contributed by atoms with Gasteiger partial charge in [-0.2, -0.15) is 0 Å². The van der Waals surface area contributed by atoms with E-state index in [1.54, 1.807) is 0 Å². The fraction of sp³-hybridized carbons (Fsp3) is 0.150. The van der Waals surface area contributed by atoms with Crippen molar-refractivity contribution in [3.63, 3.8) is 0 Å². The topological polar surface area (TPSA) is 12.9 Å². The molecule has 0 spiro atoms. The van der Waals surface area contributed by atoms with Gasteiger partial charge in [-0.15, -0.1) is 0 Å². The minimum absolute atomic E-state index is 0.0687. The van der Waals surface area contributed by atoms with Crippen molar-refractivity contribution in [3.05, 3.63) is 83.7 Å². The van der Waals surface area contributed by atoms with Gasteiger partial charge >= 0.3 is 0 Å². The monoisotopic (exact) mass is 271 g/mol. The van der Waals surface area contributed by atoms with E-state index in [-0.39, 0.29) is 5.41 Å². The molecule has 3 aromatic rings. The first-order valence-corrected chi connectivity index (χ1v) is 7.33. The predicted molar refractivity (Wildman–Crippen MR) is 88.3 cm³/mol. The summed E-state index contributed by atoms with van der Waals surface area (Å²) in [4.78, 5) is 4.69. The first-order chi connectivity index (χ1) is 10.1. The Morgan fingerprint density at radius 2 is 1.57 bits per heavy atom. The van der Waals surface area contributed by atoms with Gasteiger partial charge in [0, 0.05) is 22.6 Å². The molecular formula is C20H17N. The Bertz CT molecular complexity index is 872. The summed E-state index contributed by atoms with van der Waals surface area (Å²) in [5, 5.41) is 2.43. The molecule has 1 heterocycles. The SMILES string of the molecule is CC1(C)C=C(c2cc3ccccc3cn2)c2ccccc21. The molecule has 1 nitrogen and oxygen atoms in total. The predicted octanol–water partition coefficient (Wildman–Crippen LogP) is 4.96. The molecule has 1 aromatic heterocycles. The molecule has 1 aliphatic rings. The number of aromatic nitrogens is 1. The molecule has 0 radical (unpaired) electrons. The molecule has 0 fully saturated rings. The lowest BCUT2D eigenvalue weighted by Gasteiger charge is -2.16. The third-order valence-electron chi connectivity index (χ3n) is 4.32. The lowest BCUT2D eigenvalue weighted by atomic mass is 9.87. The molecule has 0 bridgehead atoms. The van der Waals surface area contributed by atoms with Crippen LogP contribution in [0.15, 0.2) is 66.9 Å². The highest BCUT2D eigenvalue weighted by atomic mass is 14.7. The van der Waals surface area contributed by atoms with E-state index < -0.39 is 0 Å². The second kappa shape index (κ2) is 4.29. The summed E-state index contributed by atoms with van der Waals surface area (Å²) in [5.41, 5.74) is 5.08. The van der Waals surface area contributed by atoms with Gasteiger partial charge in [0.15, 0.2) is 0 Å². The molecule has 4 rings (SSSR count). The normalized spacial score (nSPS) is 15.8. The van der Waals surface area contributed by atoms with E-state index in [0.717, 1.165) is 5.69 Å². The maximum atomic E-state index is 4.69. The minimum atomic E-state index is 0.0687. The van der Waals surface area contributed by atoms with Crippen molar-refractivity contribution in [2.45, 2.75) is 19.3 Å². The van der Waals surface area contributed by atoms with Crippen molar-refractivity contribution in [2.24, 2.45) is 0 Å². The van der Waals surface area contributed by atoms with Crippen LogP contribution in [0.1, 0.15) is 30.7 Å². The highest BCUT2D eigenvalue weighted by molar-refractivity contribution is 5.90. The summed E-state index contributed by atoms with van der Waals surface area (Å²) in [6.45, 7) is 4.53. The molecule has 0 N–H and O–H groups in total. The number of hydrogen-bond acceptors (Lipinski definition) is 1. The quantitative estimate of drug-likeness (QED) is 0.609. The van der Waals surface area contributed by atoms with E-state index in [0.29, 0.717) is 0 Å². The average Bonchev–Trinajstić information content (AvgIpc) is 2.79. The molecular weight excluding hydrogens is 254 g/mol. The first-order valence-electron chi connectivity index (χ1n) is 7.33. The molecule has 21 heavy (non-hydrogen) atoms. The van der Waals surface area contributed by atoms with Gasteiger partial charge in [-0.05, 0) is 22.6 Å². The molecule has 0 atom stereocenters. The number of hydrogen-bond donors (Lipinski definition) is 0. The van der Waals surface area contributed by atoms with Crippen LogP contribution in [0.25, 0.3) is 16.3 Å². The van der Waals surface area contributed by atoms with E-state index in [9.17, 15) is 0 Å². The van der Waals surface area contributed by atoms with E-state index in [4.69, 9.17) is 0 Å². The zero-order valence-electron chi connectivity index (χ0n) is 12.3. The fourth-order valence-corrected chi connectivity index (χ4v) is 3.24. The van der Waals surface area contributed by atoms with Gasteiger partial charge in [0.1, 0.15) is 0 Å². The van der Waals surface area contributed by atoms with E-state index >= 15 is 0 Å². The van der Waals surface area contributed by atoms with Crippen LogP contribution in [0, 0.1) is 0 Å². The molecule has 1 aliphatic carbocycles. The summed E-state index contributed by atoms with van der Waals surface area (Å²) < 4.78 is 0. The Hall–Kier alpha value is -2.41. The van der Waals surface area contributed by atoms with Crippen LogP contribution in [-0.2, 0) is 5.41 Å². The summed E-state index contributed by atoms with van der Waals surface area (Å²) in [6, 6.07) is 19.2. The van der Waals surface area contributed by atoms with Gasteiger partial charge in [-0.25, -0.2) is 0 Å². The number of benzene rings is 2. The van der Waals surface area contributed by atoms with Gasteiger partial charge in [-0.1, -0.05) is 68.5 Å². The van der Waals surface area contributed by atoms with Crippen molar-refractivity contribution >= 4 is 16.3 Å². The van der Waals surface area contributed by atoms with Gasteiger partial charge in [0.05, 0.1) is 5.69 Å². The first kappa shape index (κ1) is 12.3. The lowest BCUT2D eigenvalue weighted by Crippen LogP contribution is -2.10. The van der Waals surface area contributed by atoms with Crippen LogP contribution in [0.2, 0.25) is 0 Å². The van der Waals surface area contributed by atoms with Crippen molar-refractivity contribution in [1.29, 1.82) is 0 Å². The second-order valence-electron chi connectivity index (χ2n) is 6.24. The summed E-state index contributed by atoms with van der Waals surface area (Å²) in [5.74, 6) is 0. The van der Waals surface area contributed by atoms with Crippen LogP contribution in [0.4, 0.5) is 0 Å². The standard InChI is InChI=1S/C20H17N/c1-20(2)12-17(16-9-5-6-10-18(16)20)19-11-14-7-3-4-8-15(14)13-21-19/h3-13H,1-2H3. The van der Waals surface area contributed by atoms with Crippen molar-refractivity contribution in [1.82, 2.24) is 4.98 Å². The fourth-order valence-electron chi connectivity index (χ4n) is 3.24. The van der Waals surface area contributed by atoms with E-state index in [1.165, 1.54) is 27.5 Å². The molecule has 102 valence electrons. The average molecular weight is 271 g/mol. The maximum absolute atomic E-state index is 4.69. The van der Waals surface area contributed by atoms with E-state index in [1.807, 2.05) is 6.20 Å². The van der Waals surface area contributed by atoms with E-state index in [2.05, 4.69) is 79.5 Å². The van der Waals surface area contributed by atoms with Gasteiger partial charge in [0.25, 0.3) is 0 Å². The molecule has 0 saturated carbocycles. The van der Waals surface area contributed by atoms with Crippen LogP contribution in [0.5, 0.6) is 0 Å². The van der Waals surface area contributed by atoms with Crippen LogP contribution in [0.3, 0.4) is 0 Å². The smallest absolute Gasteiger partial charge is 0.0711 e. The van der Waals surface area contributed by atoms with Crippen molar-refractivity contribution in [3.8, 4) is 0 Å².